The molecule has 2 saturated carbocycles. The van der Waals surface area contributed by atoms with Crippen LogP contribution in [-0.2, 0) is 11.3 Å². The van der Waals surface area contributed by atoms with Gasteiger partial charge in [0.25, 0.3) is 0 Å². The van der Waals surface area contributed by atoms with Crippen LogP contribution in [0.3, 0.4) is 0 Å². The van der Waals surface area contributed by atoms with E-state index in [2.05, 4.69) is 0 Å². The van der Waals surface area contributed by atoms with Crippen LogP contribution >= 0.6 is 0 Å². The Hall–Kier alpha value is -0.930. The van der Waals surface area contributed by atoms with Crippen LogP contribution in [0, 0.1) is 11.2 Å². The highest BCUT2D eigenvalue weighted by atomic mass is 19.1. The summed E-state index contributed by atoms with van der Waals surface area (Å²) in [7, 11) is 0. The van der Waals surface area contributed by atoms with E-state index in [4.69, 9.17) is 10.5 Å². The average Bonchev–Trinajstić information content (AvgIpc) is 2.73. The van der Waals surface area contributed by atoms with Crippen LogP contribution in [-0.4, -0.2) is 12.1 Å². The molecular weight excluding hydrogens is 253 g/mol. The van der Waals surface area contributed by atoms with E-state index in [-0.39, 0.29) is 23.4 Å². The van der Waals surface area contributed by atoms with Crippen LogP contribution in [0.2, 0.25) is 0 Å². The first-order chi connectivity index (χ1) is 9.72. The Morgan fingerprint density at radius 1 is 1.15 bits per heavy atom. The lowest BCUT2D eigenvalue weighted by atomic mass is 9.58. The minimum Gasteiger partial charge on any atom is -0.373 e. The maximum Gasteiger partial charge on any atom is 0.128 e. The summed E-state index contributed by atoms with van der Waals surface area (Å²) in [4.78, 5) is 0. The standard InChI is InChI=1S/C17H24FNO/c18-14-8-4-3-7-13(14)12-20-16-11-15(19)17(16)9-5-1-2-6-10-17/h3-4,7-8,15-16H,1-2,5-6,9-12,19H2. The second kappa shape index (κ2) is 5.82. The summed E-state index contributed by atoms with van der Waals surface area (Å²) in [6.45, 7) is 0.367. The van der Waals surface area contributed by atoms with Crippen LogP contribution in [0.5, 0.6) is 0 Å². The molecule has 0 amide bonds. The molecule has 0 aromatic heterocycles. The van der Waals surface area contributed by atoms with Crippen molar-refractivity contribution in [1.29, 1.82) is 0 Å². The molecule has 110 valence electrons. The Balaban J connectivity index is 1.64. The zero-order chi connectivity index (χ0) is 14.0. The summed E-state index contributed by atoms with van der Waals surface area (Å²) < 4.78 is 19.7. The van der Waals surface area contributed by atoms with Gasteiger partial charge in [-0.05, 0) is 25.3 Å². The summed E-state index contributed by atoms with van der Waals surface area (Å²) in [5.74, 6) is -0.175. The fraction of sp³-hybridized carbons (Fsp3) is 0.647. The first-order valence-electron chi connectivity index (χ1n) is 7.83. The van der Waals surface area contributed by atoms with Gasteiger partial charge in [0.05, 0.1) is 12.7 Å². The molecule has 2 nitrogen and oxygen atoms in total. The number of hydrogen-bond donors (Lipinski definition) is 1. The molecule has 2 unspecified atom stereocenters. The lowest BCUT2D eigenvalue weighted by molar-refractivity contribution is -0.141. The quantitative estimate of drug-likeness (QED) is 0.912. The summed E-state index contributed by atoms with van der Waals surface area (Å²) in [6.07, 6.45) is 8.64. The number of halogens is 1. The molecule has 3 heteroatoms. The van der Waals surface area contributed by atoms with Crippen molar-refractivity contribution >= 4 is 0 Å². The second-order valence-corrected chi connectivity index (χ2v) is 6.38. The SMILES string of the molecule is NC1CC(OCc2ccccc2F)C12CCCCCC2. The Bertz CT molecular complexity index is 454. The van der Waals surface area contributed by atoms with Crippen molar-refractivity contribution in [1.82, 2.24) is 0 Å². The third-order valence-corrected chi connectivity index (χ3v) is 5.28. The van der Waals surface area contributed by atoms with Crippen molar-refractivity contribution in [3.05, 3.63) is 35.6 Å². The van der Waals surface area contributed by atoms with Crippen molar-refractivity contribution in [3.63, 3.8) is 0 Å². The van der Waals surface area contributed by atoms with Crippen molar-refractivity contribution in [3.8, 4) is 0 Å². The van der Waals surface area contributed by atoms with Gasteiger partial charge in [-0.25, -0.2) is 4.39 Å². The number of rotatable bonds is 3. The molecule has 1 aromatic carbocycles. The van der Waals surface area contributed by atoms with E-state index in [1.54, 1.807) is 12.1 Å². The van der Waals surface area contributed by atoms with E-state index in [9.17, 15) is 4.39 Å². The normalized spacial score (nSPS) is 28.9. The van der Waals surface area contributed by atoms with Gasteiger partial charge in [-0.3, -0.25) is 0 Å². The Morgan fingerprint density at radius 3 is 2.50 bits per heavy atom. The number of benzene rings is 1. The molecular formula is C17H24FNO. The lowest BCUT2D eigenvalue weighted by Crippen LogP contribution is -2.62. The molecule has 2 aliphatic rings. The molecule has 0 bridgehead atoms. The van der Waals surface area contributed by atoms with Crippen LogP contribution in [0.25, 0.3) is 0 Å². The molecule has 3 rings (SSSR count). The third-order valence-electron chi connectivity index (χ3n) is 5.28. The summed E-state index contributed by atoms with van der Waals surface area (Å²) in [5, 5.41) is 0. The van der Waals surface area contributed by atoms with Gasteiger partial charge in [0.2, 0.25) is 0 Å². The number of nitrogens with two attached hydrogens (primary N) is 1. The summed E-state index contributed by atoms with van der Waals surface area (Å²) >= 11 is 0. The average molecular weight is 277 g/mol. The fourth-order valence-electron chi connectivity index (χ4n) is 3.90. The largest absolute Gasteiger partial charge is 0.373 e. The van der Waals surface area contributed by atoms with E-state index in [1.807, 2.05) is 6.07 Å². The van der Waals surface area contributed by atoms with Crippen molar-refractivity contribution < 1.29 is 9.13 Å². The lowest BCUT2D eigenvalue weighted by Gasteiger charge is -2.54. The molecule has 0 saturated heterocycles. The van der Waals surface area contributed by atoms with Crippen LogP contribution in [0.15, 0.2) is 24.3 Å². The van der Waals surface area contributed by atoms with E-state index in [0.717, 1.165) is 6.42 Å². The number of ether oxygens (including phenoxy) is 1. The van der Waals surface area contributed by atoms with E-state index in [1.165, 1.54) is 44.6 Å². The van der Waals surface area contributed by atoms with Gasteiger partial charge in [-0.1, -0.05) is 43.9 Å². The maximum absolute atomic E-state index is 13.6. The van der Waals surface area contributed by atoms with Crippen LogP contribution in [0.4, 0.5) is 4.39 Å². The first-order valence-corrected chi connectivity index (χ1v) is 7.83. The van der Waals surface area contributed by atoms with Crippen molar-refractivity contribution in [2.75, 3.05) is 0 Å². The highest BCUT2D eigenvalue weighted by molar-refractivity contribution is 5.16. The number of hydrogen-bond acceptors (Lipinski definition) is 2. The predicted molar refractivity (Wildman–Crippen MR) is 77.7 cm³/mol. The van der Waals surface area contributed by atoms with E-state index >= 15 is 0 Å². The molecule has 1 spiro atoms. The Labute approximate surface area is 120 Å². The molecule has 2 aliphatic carbocycles. The molecule has 0 radical (unpaired) electrons. The summed E-state index contributed by atoms with van der Waals surface area (Å²) in [5.41, 5.74) is 7.11. The molecule has 0 aliphatic heterocycles. The fourth-order valence-corrected chi connectivity index (χ4v) is 3.90. The van der Waals surface area contributed by atoms with Gasteiger partial charge in [0.1, 0.15) is 5.82 Å². The predicted octanol–water partition coefficient (Wildman–Crippen LogP) is 3.78. The second-order valence-electron chi connectivity index (χ2n) is 6.38. The molecule has 2 atom stereocenters. The van der Waals surface area contributed by atoms with Gasteiger partial charge >= 0.3 is 0 Å². The van der Waals surface area contributed by atoms with Gasteiger partial charge in [0, 0.05) is 17.0 Å². The highest BCUT2D eigenvalue weighted by Gasteiger charge is 2.53. The van der Waals surface area contributed by atoms with E-state index < -0.39 is 0 Å². The highest BCUT2D eigenvalue weighted by Crippen LogP contribution is 2.51. The Morgan fingerprint density at radius 2 is 1.85 bits per heavy atom. The van der Waals surface area contributed by atoms with Gasteiger partial charge < -0.3 is 10.5 Å². The zero-order valence-corrected chi connectivity index (χ0v) is 12.0. The third kappa shape index (κ3) is 2.49. The topological polar surface area (TPSA) is 35.2 Å². The molecule has 0 heterocycles. The van der Waals surface area contributed by atoms with E-state index in [0.29, 0.717) is 12.2 Å². The van der Waals surface area contributed by atoms with Crippen LogP contribution in [0.1, 0.15) is 50.5 Å². The molecule has 1 aromatic rings. The van der Waals surface area contributed by atoms with Crippen molar-refractivity contribution in [2.24, 2.45) is 11.1 Å². The Kier molecular flexibility index (Phi) is 4.08. The first kappa shape index (κ1) is 14.0. The van der Waals surface area contributed by atoms with Gasteiger partial charge in [0.15, 0.2) is 0 Å². The minimum absolute atomic E-state index is 0.168. The zero-order valence-electron chi connectivity index (χ0n) is 12.0. The van der Waals surface area contributed by atoms with Crippen molar-refractivity contribution in [2.45, 2.75) is 63.7 Å². The van der Waals surface area contributed by atoms with Gasteiger partial charge in [-0.2, -0.15) is 0 Å². The smallest absolute Gasteiger partial charge is 0.128 e. The van der Waals surface area contributed by atoms with Crippen LogP contribution < -0.4 is 5.73 Å². The van der Waals surface area contributed by atoms with Gasteiger partial charge in [-0.15, -0.1) is 0 Å². The molecule has 20 heavy (non-hydrogen) atoms. The monoisotopic (exact) mass is 277 g/mol. The maximum atomic E-state index is 13.6. The molecule has 2 fully saturated rings. The molecule has 2 N–H and O–H groups in total. The summed E-state index contributed by atoms with van der Waals surface area (Å²) in [6, 6.07) is 7.13. The minimum atomic E-state index is -0.175.